The molecule has 4 atom stereocenters. The molecular formula is C47H56N6O9. The first-order valence-electron chi connectivity index (χ1n) is 20.6. The van der Waals surface area contributed by atoms with Crippen molar-refractivity contribution in [3.05, 3.63) is 107 Å². The second-order valence-electron chi connectivity index (χ2n) is 16.6. The average Bonchev–Trinajstić information content (AvgIpc) is 3.23. The maximum absolute atomic E-state index is 14.4. The summed E-state index contributed by atoms with van der Waals surface area (Å²) in [7, 11) is 1.36. The van der Waals surface area contributed by atoms with E-state index >= 15 is 0 Å². The van der Waals surface area contributed by atoms with Gasteiger partial charge < -0.3 is 47.2 Å². The highest BCUT2D eigenvalue weighted by Gasteiger charge is 2.36. The van der Waals surface area contributed by atoms with Crippen molar-refractivity contribution in [1.29, 1.82) is 0 Å². The Hall–Kier alpha value is -6.74. The van der Waals surface area contributed by atoms with Crippen LogP contribution in [0.2, 0.25) is 0 Å². The van der Waals surface area contributed by atoms with Crippen LogP contribution in [0, 0.1) is 0 Å². The minimum Gasteiger partial charge on any atom is -0.507 e. The van der Waals surface area contributed by atoms with E-state index in [1.807, 2.05) is 24.3 Å². The van der Waals surface area contributed by atoms with Crippen LogP contribution in [-0.2, 0) is 35.8 Å². The van der Waals surface area contributed by atoms with Crippen molar-refractivity contribution >= 4 is 35.5 Å². The van der Waals surface area contributed by atoms with E-state index in [-0.39, 0.29) is 65.3 Å². The number of likely N-dealkylation sites (N-methyl/N-ethyl adjacent to an activating group) is 1. The molecular weight excluding hydrogens is 793 g/mol. The Balaban J connectivity index is 1.33. The van der Waals surface area contributed by atoms with Gasteiger partial charge in [0.05, 0.1) is 0 Å². The standard InChI is InChI=1S/C47H56N6O9/c1-27-42(57)52-37(46(61)62)25-28-9-19-38(54)34(24-28)35-26-32(16-20-39(35)55)41(44(59)50-27)53(5)45(60)36(8-6-7-22-48)51-40(56)21-23-49-43(58)31-12-10-29(11-13-31)30-14-17-33(18-15-30)47(2,3)4/h9-20,24,26-27,36-37,41,54-55H,6-8,21-23,25,48H2,1-5H3,(H,49,58)(H,50,59)(H,51,56)(H,52,57)(H,61,62)/t27-,36-,37-,41-/m0/s1. The van der Waals surface area contributed by atoms with E-state index < -0.39 is 53.8 Å². The lowest BCUT2D eigenvalue weighted by molar-refractivity contribution is -0.144. The van der Waals surface area contributed by atoms with Crippen LogP contribution in [0.15, 0.2) is 84.9 Å². The molecule has 1 aliphatic heterocycles. The van der Waals surface area contributed by atoms with Gasteiger partial charge in [0.2, 0.25) is 23.6 Å². The van der Waals surface area contributed by atoms with Crippen molar-refractivity contribution in [2.24, 2.45) is 5.73 Å². The van der Waals surface area contributed by atoms with Gasteiger partial charge in [0.25, 0.3) is 5.91 Å². The molecule has 5 amide bonds. The molecule has 4 bridgehead atoms. The van der Waals surface area contributed by atoms with Gasteiger partial charge in [-0.15, -0.1) is 0 Å². The van der Waals surface area contributed by atoms with Crippen LogP contribution in [-0.4, -0.2) is 94.0 Å². The Morgan fingerprint density at radius 3 is 2.06 bits per heavy atom. The van der Waals surface area contributed by atoms with Gasteiger partial charge in [-0.2, -0.15) is 0 Å². The maximum Gasteiger partial charge on any atom is 0.326 e. The quantitative estimate of drug-likeness (QED) is 0.0888. The first-order valence-corrected chi connectivity index (χ1v) is 20.6. The Kier molecular flexibility index (Phi) is 15.1. The number of phenols is 2. The third kappa shape index (κ3) is 11.5. The summed E-state index contributed by atoms with van der Waals surface area (Å²) in [5, 5.41) is 42.2. The lowest BCUT2D eigenvalue weighted by atomic mass is 9.86. The van der Waals surface area contributed by atoms with Crippen LogP contribution < -0.4 is 27.0 Å². The number of hydrogen-bond acceptors (Lipinski definition) is 9. The molecule has 0 aromatic heterocycles. The van der Waals surface area contributed by atoms with Gasteiger partial charge in [0.1, 0.15) is 35.7 Å². The number of carbonyl (C=O) groups excluding carboxylic acids is 5. The summed E-state index contributed by atoms with van der Waals surface area (Å²) in [6.07, 6.45) is 0.826. The van der Waals surface area contributed by atoms with Crippen molar-refractivity contribution in [3.8, 4) is 33.8 Å². The lowest BCUT2D eigenvalue weighted by Crippen LogP contribution is -2.54. The fraction of sp³-hybridized carbons (Fsp3) is 0.362. The monoisotopic (exact) mass is 848 g/mol. The number of hydrogen-bond donors (Lipinski definition) is 8. The Labute approximate surface area is 361 Å². The van der Waals surface area contributed by atoms with Crippen molar-refractivity contribution in [2.75, 3.05) is 20.1 Å². The van der Waals surface area contributed by atoms with E-state index in [0.29, 0.717) is 30.5 Å². The number of carboxylic acids is 1. The number of nitrogens with two attached hydrogens (primary N) is 1. The number of aromatic hydroxyl groups is 2. The zero-order valence-electron chi connectivity index (χ0n) is 35.7. The van der Waals surface area contributed by atoms with Gasteiger partial charge in [-0.25, -0.2) is 4.79 Å². The number of nitrogens with one attached hydrogen (secondary N) is 4. The second-order valence-corrected chi connectivity index (χ2v) is 16.6. The smallest absolute Gasteiger partial charge is 0.326 e. The Morgan fingerprint density at radius 2 is 1.45 bits per heavy atom. The SMILES string of the molecule is C[C@@H]1NC(=O)[C@@H](N(C)C(=O)[C@H](CCCCN)NC(=O)CCNC(=O)c2ccc(-c3ccc(C(C)(C)C)cc3)cc2)c2ccc(O)c(c2)-c2cc(ccc2O)C[C@@H](C(=O)O)NC1=O. The highest BCUT2D eigenvalue weighted by atomic mass is 16.4. The number of unbranched alkanes of at least 4 members (excludes halogenated alkanes) is 1. The number of nitrogens with zero attached hydrogens (tertiary/aromatic N) is 1. The number of carboxylic acid groups (broad SMARTS) is 1. The molecule has 0 aliphatic carbocycles. The van der Waals surface area contributed by atoms with Gasteiger partial charge in [-0.1, -0.05) is 69.3 Å². The maximum atomic E-state index is 14.4. The predicted octanol–water partition coefficient (Wildman–Crippen LogP) is 4.29. The first kappa shape index (κ1) is 46.3. The molecule has 9 N–H and O–H groups in total. The summed E-state index contributed by atoms with van der Waals surface area (Å²) in [6.45, 7) is 8.12. The summed E-state index contributed by atoms with van der Waals surface area (Å²) in [5.74, 6) is -5.03. The molecule has 0 spiro atoms. The summed E-state index contributed by atoms with van der Waals surface area (Å²) >= 11 is 0. The lowest BCUT2D eigenvalue weighted by Gasteiger charge is -2.32. The minimum atomic E-state index is -1.44. The van der Waals surface area contributed by atoms with Crippen molar-refractivity contribution in [2.45, 2.75) is 89.4 Å². The van der Waals surface area contributed by atoms with Gasteiger partial charge in [-0.3, -0.25) is 24.0 Å². The largest absolute Gasteiger partial charge is 0.507 e. The number of fused-ring (bicyclic) bond motifs is 5. The first-order chi connectivity index (χ1) is 29.4. The third-order valence-electron chi connectivity index (χ3n) is 10.9. The molecule has 62 heavy (non-hydrogen) atoms. The topological polar surface area (TPSA) is 240 Å². The van der Waals surface area contributed by atoms with E-state index in [1.165, 1.54) is 55.9 Å². The van der Waals surface area contributed by atoms with Crippen molar-refractivity contribution in [1.82, 2.24) is 26.2 Å². The second kappa shape index (κ2) is 20.2. The van der Waals surface area contributed by atoms with Crippen LogP contribution in [0.5, 0.6) is 11.5 Å². The molecule has 0 unspecified atom stereocenters. The summed E-state index contributed by atoms with van der Waals surface area (Å²) in [5.41, 5.74) is 10.2. The van der Waals surface area contributed by atoms with E-state index in [0.717, 1.165) is 16.0 Å². The molecule has 0 saturated heterocycles. The molecule has 328 valence electrons. The number of amides is 5. The molecule has 4 aromatic rings. The van der Waals surface area contributed by atoms with Crippen LogP contribution >= 0.6 is 0 Å². The zero-order chi connectivity index (χ0) is 45.3. The van der Waals surface area contributed by atoms with Gasteiger partial charge >= 0.3 is 5.97 Å². The van der Waals surface area contributed by atoms with Crippen molar-refractivity contribution < 1.29 is 44.1 Å². The number of carbonyl (C=O) groups is 6. The van der Waals surface area contributed by atoms with Crippen molar-refractivity contribution in [3.63, 3.8) is 0 Å². The van der Waals surface area contributed by atoms with Gasteiger partial charge in [0, 0.05) is 43.1 Å². The molecule has 15 nitrogen and oxygen atoms in total. The minimum absolute atomic E-state index is 0.0274. The zero-order valence-corrected chi connectivity index (χ0v) is 35.7. The van der Waals surface area contributed by atoms with E-state index in [4.69, 9.17) is 5.73 Å². The van der Waals surface area contributed by atoms with E-state index in [1.54, 1.807) is 12.1 Å². The molecule has 0 radical (unpaired) electrons. The molecule has 4 aromatic carbocycles. The number of aliphatic carboxylic acids is 1. The molecule has 5 rings (SSSR count). The highest BCUT2D eigenvalue weighted by Crippen LogP contribution is 2.39. The van der Waals surface area contributed by atoms with E-state index in [2.05, 4.69) is 54.2 Å². The molecule has 0 saturated carbocycles. The number of rotatable bonds is 13. The summed E-state index contributed by atoms with van der Waals surface area (Å²) < 4.78 is 0. The highest BCUT2D eigenvalue weighted by molar-refractivity contribution is 5.97. The summed E-state index contributed by atoms with van der Waals surface area (Å²) in [4.78, 5) is 81.4. The third-order valence-corrected chi connectivity index (χ3v) is 10.9. The van der Waals surface area contributed by atoms with Crippen LogP contribution in [0.4, 0.5) is 0 Å². The fourth-order valence-electron chi connectivity index (χ4n) is 7.26. The summed E-state index contributed by atoms with van der Waals surface area (Å²) in [6, 6.07) is 18.6. The molecule has 15 heteroatoms. The van der Waals surface area contributed by atoms with E-state index in [9.17, 15) is 44.1 Å². The van der Waals surface area contributed by atoms with Gasteiger partial charge in [0.15, 0.2) is 0 Å². The predicted molar refractivity (Wildman–Crippen MR) is 234 cm³/mol. The molecule has 0 fully saturated rings. The molecule has 1 heterocycles. The average molecular weight is 849 g/mol. The fourth-order valence-corrected chi connectivity index (χ4v) is 7.26. The van der Waals surface area contributed by atoms with Crippen LogP contribution in [0.25, 0.3) is 22.3 Å². The normalized spacial score (nSPS) is 17.1. The van der Waals surface area contributed by atoms with Crippen LogP contribution in [0.3, 0.4) is 0 Å². The number of phenolic OH excluding ortho intramolecular Hbond substituents is 2. The number of benzene rings is 4. The van der Waals surface area contributed by atoms with Crippen LogP contribution in [0.1, 0.15) is 86.5 Å². The molecule has 1 aliphatic rings. The Morgan fingerprint density at radius 1 is 0.839 bits per heavy atom. The van der Waals surface area contributed by atoms with Gasteiger partial charge in [-0.05, 0) is 102 Å². The Bertz CT molecular complexity index is 2290.